The second-order valence-electron chi connectivity index (χ2n) is 11.0. The average molecular weight is 585 g/mol. The number of benzene rings is 3. The highest BCUT2D eigenvalue weighted by atomic mass is 16.5. The first-order chi connectivity index (χ1) is 21.4. The first-order valence-electron chi connectivity index (χ1n) is 15.0. The predicted octanol–water partition coefficient (Wildman–Crippen LogP) is 7.60. The Bertz CT molecular complexity index is 1760. The molecule has 0 spiro atoms. The molecule has 0 saturated heterocycles. The maximum atomic E-state index is 13.7. The number of hydrogen-bond donors (Lipinski definition) is 0. The molecule has 7 nitrogen and oxygen atoms in total. The van der Waals surface area contributed by atoms with E-state index in [4.69, 9.17) is 9.84 Å². The first kappa shape index (κ1) is 30.2. The molecule has 1 aromatic heterocycles. The minimum Gasteiger partial charge on any atom is -0.489 e. The molecule has 0 unspecified atom stereocenters. The monoisotopic (exact) mass is 584 g/mol. The molecule has 0 atom stereocenters. The third kappa shape index (κ3) is 6.55. The fourth-order valence-corrected chi connectivity index (χ4v) is 5.31. The largest absolute Gasteiger partial charge is 0.489 e. The summed E-state index contributed by atoms with van der Waals surface area (Å²) in [7, 11) is 0. The van der Waals surface area contributed by atoms with E-state index in [0.29, 0.717) is 35.4 Å². The van der Waals surface area contributed by atoms with Crippen LogP contribution in [0.25, 0.3) is 23.0 Å². The van der Waals surface area contributed by atoms with Crippen LogP contribution in [0.1, 0.15) is 56.2 Å². The fourth-order valence-electron chi connectivity index (χ4n) is 5.31. The van der Waals surface area contributed by atoms with Gasteiger partial charge < -0.3 is 4.74 Å². The minimum atomic E-state index is -0.523. The minimum absolute atomic E-state index is 0.000829. The second kappa shape index (κ2) is 13.8. The second-order valence-corrected chi connectivity index (χ2v) is 11.0. The normalized spacial score (nSPS) is 14.3. The summed E-state index contributed by atoms with van der Waals surface area (Å²) in [5, 5.41) is 14.8. The molecule has 0 N–H and O–H groups in total. The van der Waals surface area contributed by atoms with Crippen molar-refractivity contribution in [2.75, 3.05) is 6.54 Å². The summed E-state index contributed by atoms with van der Waals surface area (Å²) < 4.78 is 7.89. The number of hydrogen-bond acceptors (Lipinski definition) is 5. The number of nitrogens with zero attached hydrogens (tertiary/aromatic N) is 4. The van der Waals surface area contributed by atoms with Crippen LogP contribution >= 0.6 is 0 Å². The summed E-state index contributed by atoms with van der Waals surface area (Å²) in [5.41, 5.74) is 5.83. The number of nitriles is 1. The Hall–Kier alpha value is -5.22. The van der Waals surface area contributed by atoms with Crippen molar-refractivity contribution in [3.63, 3.8) is 0 Å². The van der Waals surface area contributed by atoms with Crippen LogP contribution in [-0.4, -0.2) is 33.0 Å². The number of amides is 2. The van der Waals surface area contributed by atoms with Crippen molar-refractivity contribution < 1.29 is 14.3 Å². The van der Waals surface area contributed by atoms with Crippen LogP contribution in [-0.2, 0) is 16.2 Å². The highest BCUT2D eigenvalue weighted by molar-refractivity contribution is 6.19. The highest BCUT2D eigenvalue weighted by Gasteiger charge is 2.35. The van der Waals surface area contributed by atoms with Gasteiger partial charge in [0, 0.05) is 29.4 Å². The smallest absolute Gasteiger partial charge is 0.271 e. The van der Waals surface area contributed by atoms with Gasteiger partial charge in [-0.05, 0) is 73.4 Å². The molecule has 1 aliphatic heterocycles. The Morgan fingerprint density at radius 1 is 0.909 bits per heavy atom. The zero-order valence-corrected chi connectivity index (χ0v) is 25.4. The summed E-state index contributed by atoms with van der Waals surface area (Å²) >= 11 is 0. The van der Waals surface area contributed by atoms with Crippen LogP contribution in [0.4, 0.5) is 0 Å². The third-order valence-electron chi connectivity index (χ3n) is 7.81. The van der Waals surface area contributed by atoms with E-state index in [1.807, 2.05) is 98.1 Å². The van der Waals surface area contributed by atoms with Gasteiger partial charge in [-0.25, -0.2) is 4.68 Å². The number of unbranched alkanes of at least 4 members (excludes halogenated alkanes) is 3. The zero-order chi connectivity index (χ0) is 31.1. The predicted molar refractivity (Wildman–Crippen MR) is 172 cm³/mol. The van der Waals surface area contributed by atoms with E-state index in [1.165, 1.54) is 4.90 Å². The van der Waals surface area contributed by atoms with Gasteiger partial charge >= 0.3 is 0 Å². The van der Waals surface area contributed by atoms with Gasteiger partial charge in [0.2, 0.25) is 0 Å². The summed E-state index contributed by atoms with van der Waals surface area (Å²) in [6, 6.07) is 27.7. The van der Waals surface area contributed by atoms with Crippen LogP contribution in [0, 0.1) is 18.3 Å². The first-order valence-corrected chi connectivity index (χ1v) is 15.0. The average Bonchev–Trinajstić information content (AvgIpc) is 3.47. The standard InChI is InChI=1S/C37H36N4O3/c1-4-5-6-13-20-40-36(42)32(27(3)33(23-38)37(40)43)22-30-24-41(31-16-11-8-12-17-31)39-35(30)29-18-19-34(26(2)21-29)44-25-28-14-9-7-10-15-28/h7-12,14-19,21-22,24H,4-6,13,20,25H2,1-3H3/b32-22+. The number of carbonyl (C=O) groups is 2. The quantitative estimate of drug-likeness (QED) is 0.103. The molecule has 2 heterocycles. The molecule has 0 saturated carbocycles. The highest BCUT2D eigenvalue weighted by Crippen LogP contribution is 2.33. The maximum absolute atomic E-state index is 13.7. The number of aryl methyl sites for hydroxylation is 1. The number of carbonyl (C=O) groups excluding carboxylic acids is 2. The Morgan fingerprint density at radius 3 is 2.32 bits per heavy atom. The van der Waals surface area contributed by atoms with Gasteiger partial charge in [0.25, 0.3) is 11.8 Å². The molecule has 7 heteroatoms. The molecule has 3 aromatic carbocycles. The number of aromatic nitrogens is 2. The van der Waals surface area contributed by atoms with Gasteiger partial charge in [-0.3, -0.25) is 14.5 Å². The molecule has 44 heavy (non-hydrogen) atoms. The Kier molecular flexibility index (Phi) is 9.51. The maximum Gasteiger partial charge on any atom is 0.271 e. The van der Waals surface area contributed by atoms with Gasteiger partial charge in [-0.15, -0.1) is 0 Å². The Morgan fingerprint density at radius 2 is 1.64 bits per heavy atom. The molecule has 222 valence electrons. The molecule has 0 bridgehead atoms. The van der Waals surface area contributed by atoms with Crippen molar-refractivity contribution in [2.24, 2.45) is 0 Å². The summed E-state index contributed by atoms with van der Waals surface area (Å²) in [6.45, 7) is 6.52. The van der Waals surface area contributed by atoms with Crippen molar-refractivity contribution >= 4 is 17.9 Å². The lowest BCUT2D eigenvalue weighted by Gasteiger charge is -2.27. The molecule has 5 rings (SSSR count). The topological polar surface area (TPSA) is 88.2 Å². The van der Waals surface area contributed by atoms with E-state index in [9.17, 15) is 14.9 Å². The summed E-state index contributed by atoms with van der Waals surface area (Å²) in [6.07, 6.45) is 7.32. The van der Waals surface area contributed by atoms with Crippen LogP contribution < -0.4 is 4.74 Å². The number of ether oxygens (including phenoxy) is 1. The van der Waals surface area contributed by atoms with E-state index in [0.717, 1.165) is 47.4 Å². The van der Waals surface area contributed by atoms with Crippen molar-refractivity contribution in [3.8, 4) is 28.8 Å². The summed E-state index contributed by atoms with van der Waals surface area (Å²) in [4.78, 5) is 28.1. The van der Waals surface area contributed by atoms with Gasteiger partial charge in [0.05, 0.1) is 11.4 Å². The zero-order valence-electron chi connectivity index (χ0n) is 25.4. The lowest BCUT2D eigenvalue weighted by atomic mass is 9.93. The molecule has 2 amide bonds. The van der Waals surface area contributed by atoms with Gasteiger partial charge in [0.15, 0.2) is 0 Å². The van der Waals surface area contributed by atoms with E-state index >= 15 is 0 Å². The van der Waals surface area contributed by atoms with Crippen molar-refractivity contribution in [2.45, 2.75) is 53.1 Å². The number of para-hydroxylation sites is 1. The molecular weight excluding hydrogens is 548 g/mol. The van der Waals surface area contributed by atoms with E-state index in [-0.39, 0.29) is 18.0 Å². The molecule has 1 aliphatic rings. The van der Waals surface area contributed by atoms with E-state index in [2.05, 4.69) is 6.92 Å². The van der Waals surface area contributed by atoms with Gasteiger partial charge in [-0.2, -0.15) is 10.4 Å². The van der Waals surface area contributed by atoms with Crippen LogP contribution in [0.3, 0.4) is 0 Å². The van der Waals surface area contributed by atoms with Crippen molar-refractivity contribution in [1.29, 1.82) is 5.26 Å². The Labute approximate surface area is 258 Å². The molecule has 0 aliphatic carbocycles. The molecule has 0 radical (unpaired) electrons. The van der Waals surface area contributed by atoms with Crippen LogP contribution in [0.2, 0.25) is 0 Å². The number of rotatable bonds is 11. The van der Waals surface area contributed by atoms with Crippen LogP contribution in [0.15, 0.2) is 102 Å². The molecule has 0 fully saturated rings. The summed E-state index contributed by atoms with van der Waals surface area (Å²) in [5.74, 6) is -0.134. The molecular formula is C37H36N4O3. The Balaban J connectivity index is 1.54. The molecule has 4 aromatic rings. The van der Waals surface area contributed by atoms with Crippen LogP contribution in [0.5, 0.6) is 5.75 Å². The van der Waals surface area contributed by atoms with Gasteiger partial charge in [-0.1, -0.05) is 74.7 Å². The van der Waals surface area contributed by atoms with Crippen molar-refractivity contribution in [3.05, 3.63) is 118 Å². The van der Waals surface area contributed by atoms with E-state index in [1.54, 1.807) is 17.7 Å². The fraction of sp³-hybridized carbons (Fsp3) is 0.243. The lowest BCUT2D eigenvalue weighted by Crippen LogP contribution is -2.43. The lowest BCUT2D eigenvalue weighted by molar-refractivity contribution is -0.140. The third-order valence-corrected chi connectivity index (χ3v) is 7.81. The van der Waals surface area contributed by atoms with E-state index < -0.39 is 5.91 Å². The van der Waals surface area contributed by atoms with Gasteiger partial charge in [0.1, 0.15) is 24.0 Å². The number of imide groups is 1. The SMILES string of the molecule is CCCCCCN1C(=O)C(C#N)=C(C)/C(=C\c2cn(-c3ccccc3)nc2-c2ccc(OCc3ccccc3)c(C)c2)C1=O. The van der Waals surface area contributed by atoms with Crippen molar-refractivity contribution in [1.82, 2.24) is 14.7 Å².